The molecule has 0 atom stereocenters. The van der Waals surface area contributed by atoms with Crippen molar-refractivity contribution >= 4 is 101 Å². The van der Waals surface area contributed by atoms with E-state index in [9.17, 15) is 4.79 Å². The van der Waals surface area contributed by atoms with E-state index in [0.29, 0.717) is 43.2 Å². The summed E-state index contributed by atoms with van der Waals surface area (Å²) in [7, 11) is 0. The smallest absolute Gasteiger partial charge is 0.264 e. The van der Waals surface area contributed by atoms with Crippen molar-refractivity contribution in [2.75, 3.05) is 0 Å². The summed E-state index contributed by atoms with van der Waals surface area (Å²) in [6.07, 6.45) is 1.80. The van der Waals surface area contributed by atoms with Crippen molar-refractivity contribution < 1.29 is 9.53 Å². The third-order valence-electron chi connectivity index (χ3n) is 4.80. The van der Waals surface area contributed by atoms with Crippen LogP contribution in [0.2, 0.25) is 15.1 Å². The summed E-state index contributed by atoms with van der Waals surface area (Å²) in [4.78, 5) is 17.6. The topological polar surface area (TPSA) is 50.7 Å². The molecular weight excluding hydrogens is 647 g/mol. The van der Waals surface area contributed by atoms with Gasteiger partial charge < -0.3 is 10.1 Å². The van der Waals surface area contributed by atoms with E-state index in [2.05, 4.69) is 42.2 Å². The van der Waals surface area contributed by atoms with Crippen LogP contribution in [0.15, 0.2) is 67.4 Å². The molecule has 4 nitrogen and oxygen atoms in total. The normalized spacial score (nSPS) is 15.8. The molecule has 1 aliphatic heterocycles. The van der Waals surface area contributed by atoms with E-state index in [-0.39, 0.29) is 5.91 Å². The lowest BCUT2D eigenvalue weighted by Crippen LogP contribution is -2.19. The van der Waals surface area contributed by atoms with Crippen LogP contribution < -0.4 is 10.1 Å². The molecule has 0 spiro atoms. The van der Waals surface area contributed by atoms with Crippen LogP contribution in [0.4, 0.5) is 5.69 Å². The van der Waals surface area contributed by atoms with Gasteiger partial charge in [-0.3, -0.25) is 4.79 Å². The number of nitrogens with zero attached hydrogens (tertiary/aromatic N) is 1. The molecule has 1 N–H and O–H groups in total. The Hall–Kier alpha value is -1.48. The van der Waals surface area contributed by atoms with Crippen molar-refractivity contribution in [3.05, 3.63) is 94.1 Å². The Balaban J connectivity index is 1.51. The number of ether oxygens (including phenoxy) is 1. The average Bonchev–Trinajstić information content (AvgIpc) is 3.12. The molecule has 1 aliphatic rings. The van der Waals surface area contributed by atoms with Gasteiger partial charge in [-0.1, -0.05) is 46.9 Å². The summed E-state index contributed by atoms with van der Waals surface area (Å²) >= 11 is 26.6. The van der Waals surface area contributed by atoms with E-state index >= 15 is 0 Å². The van der Waals surface area contributed by atoms with E-state index in [4.69, 9.17) is 39.5 Å². The number of hydrogen-bond acceptors (Lipinski definition) is 4. The molecule has 4 rings (SSSR count). The lowest BCUT2D eigenvalue weighted by Gasteiger charge is -2.12. The Kier molecular flexibility index (Phi) is 8.33. The number of halogens is 5. The molecule has 0 aromatic heterocycles. The highest BCUT2D eigenvalue weighted by Crippen LogP contribution is 2.38. The highest BCUT2D eigenvalue weighted by Gasteiger charge is 2.24. The van der Waals surface area contributed by atoms with Gasteiger partial charge in [0, 0.05) is 5.02 Å². The second-order valence-corrected chi connectivity index (χ2v) is 11.2. The zero-order chi connectivity index (χ0) is 24.4. The third-order valence-corrected chi connectivity index (χ3v) is 8.03. The molecular formula is C24H15Br2Cl3N2O2S. The average molecular weight is 662 g/mol. The Labute approximate surface area is 233 Å². The molecule has 0 aliphatic carbocycles. The lowest BCUT2D eigenvalue weighted by molar-refractivity contribution is -0.115. The van der Waals surface area contributed by atoms with Gasteiger partial charge in [-0.2, -0.15) is 0 Å². The Morgan fingerprint density at radius 2 is 1.76 bits per heavy atom. The highest BCUT2D eigenvalue weighted by atomic mass is 79.9. The first kappa shape index (κ1) is 25.6. The molecule has 0 unspecified atom stereocenters. The molecule has 3 aromatic carbocycles. The molecule has 1 heterocycles. The highest BCUT2D eigenvalue weighted by molar-refractivity contribution is 9.11. The number of amides is 1. The van der Waals surface area contributed by atoms with Crippen LogP contribution in [-0.4, -0.2) is 11.1 Å². The second kappa shape index (κ2) is 11.1. The van der Waals surface area contributed by atoms with E-state index < -0.39 is 0 Å². The number of benzene rings is 3. The Bertz CT molecular complexity index is 1340. The van der Waals surface area contributed by atoms with Crippen LogP contribution in [0.1, 0.15) is 16.7 Å². The van der Waals surface area contributed by atoms with Crippen molar-refractivity contribution in [3.63, 3.8) is 0 Å². The van der Waals surface area contributed by atoms with Crippen LogP contribution in [0, 0.1) is 6.92 Å². The van der Waals surface area contributed by atoms with Crippen molar-refractivity contribution in [2.24, 2.45) is 4.99 Å². The minimum Gasteiger partial charge on any atom is -0.487 e. The van der Waals surface area contributed by atoms with Crippen LogP contribution in [0.3, 0.4) is 0 Å². The predicted molar refractivity (Wildman–Crippen MR) is 150 cm³/mol. The van der Waals surface area contributed by atoms with Gasteiger partial charge in [-0.25, -0.2) is 4.99 Å². The fraction of sp³-hybridized carbons (Fsp3) is 0.0833. The van der Waals surface area contributed by atoms with E-state index in [0.717, 1.165) is 25.6 Å². The summed E-state index contributed by atoms with van der Waals surface area (Å²) in [5, 5.41) is 4.90. The number of hydrogen-bond donors (Lipinski definition) is 1. The first-order chi connectivity index (χ1) is 16.2. The Morgan fingerprint density at radius 1 is 1.03 bits per heavy atom. The summed E-state index contributed by atoms with van der Waals surface area (Å²) in [5.74, 6) is 0.422. The molecule has 1 fully saturated rings. The van der Waals surface area contributed by atoms with Gasteiger partial charge in [-0.05, 0) is 110 Å². The number of carbonyl (C=O) groups is 1. The lowest BCUT2D eigenvalue weighted by atomic mass is 10.2. The largest absolute Gasteiger partial charge is 0.487 e. The fourth-order valence-corrected chi connectivity index (χ4v) is 5.82. The van der Waals surface area contributed by atoms with Crippen molar-refractivity contribution in [2.45, 2.75) is 13.5 Å². The van der Waals surface area contributed by atoms with Gasteiger partial charge in [-0.15, -0.1) is 0 Å². The van der Waals surface area contributed by atoms with Gasteiger partial charge in [0.15, 0.2) is 5.17 Å². The Morgan fingerprint density at radius 3 is 2.47 bits per heavy atom. The van der Waals surface area contributed by atoms with Crippen LogP contribution in [0.5, 0.6) is 5.75 Å². The number of carbonyl (C=O) groups excluding carboxylic acids is 1. The van der Waals surface area contributed by atoms with E-state index in [1.165, 1.54) is 11.8 Å². The van der Waals surface area contributed by atoms with Gasteiger partial charge in [0.2, 0.25) is 0 Å². The molecule has 34 heavy (non-hydrogen) atoms. The number of nitrogens with one attached hydrogen (secondary N) is 1. The first-order valence-corrected chi connectivity index (χ1v) is 13.4. The van der Waals surface area contributed by atoms with Gasteiger partial charge in [0.25, 0.3) is 5.91 Å². The van der Waals surface area contributed by atoms with Gasteiger partial charge >= 0.3 is 0 Å². The van der Waals surface area contributed by atoms with Crippen LogP contribution in [0.25, 0.3) is 6.08 Å². The summed E-state index contributed by atoms with van der Waals surface area (Å²) in [6, 6.07) is 14.6. The van der Waals surface area contributed by atoms with Crippen LogP contribution in [-0.2, 0) is 11.4 Å². The number of aliphatic imine (C=N–C) groups is 1. The summed E-state index contributed by atoms with van der Waals surface area (Å²) in [5.41, 5.74) is 3.28. The standard InChI is InChI=1S/C24H15Br2Cl3N2O2S/c1-12-17(27)3-2-4-20(12)30-24-31-23(32)21(34-24)10-14-7-15(25)22(16(26)8-14)33-11-13-5-6-18(28)19(29)9-13/h2-10H,11H2,1H3,(H,30,31,32)/b21-10+. The molecule has 10 heteroatoms. The molecule has 1 saturated heterocycles. The van der Waals surface area contributed by atoms with E-state index in [1.54, 1.807) is 24.3 Å². The van der Waals surface area contributed by atoms with E-state index in [1.807, 2.05) is 37.3 Å². The summed E-state index contributed by atoms with van der Waals surface area (Å²) < 4.78 is 7.44. The third kappa shape index (κ3) is 6.01. The molecule has 0 radical (unpaired) electrons. The van der Waals surface area contributed by atoms with Crippen molar-refractivity contribution in [3.8, 4) is 5.75 Å². The summed E-state index contributed by atoms with van der Waals surface area (Å²) in [6.45, 7) is 2.20. The molecule has 0 bridgehead atoms. The second-order valence-electron chi connectivity index (χ2n) is 7.22. The molecule has 1 amide bonds. The number of amidine groups is 1. The van der Waals surface area contributed by atoms with Gasteiger partial charge in [0.05, 0.1) is 29.6 Å². The maximum absolute atomic E-state index is 12.5. The molecule has 0 saturated carbocycles. The number of rotatable bonds is 5. The quantitative estimate of drug-likeness (QED) is 0.278. The minimum absolute atomic E-state index is 0.212. The maximum atomic E-state index is 12.5. The number of thioether (sulfide) groups is 1. The minimum atomic E-state index is -0.212. The van der Waals surface area contributed by atoms with Crippen molar-refractivity contribution in [1.82, 2.24) is 5.32 Å². The SMILES string of the molecule is Cc1c(Cl)cccc1N=C1NC(=O)/C(=C\c2cc(Br)c(OCc3ccc(Cl)c(Cl)c3)c(Br)c2)S1. The zero-order valence-electron chi connectivity index (χ0n) is 17.5. The van der Waals surface area contributed by atoms with Gasteiger partial charge in [0.1, 0.15) is 12.4 Å². The van der Waals surface area contributed by atoms with Crippen LogP contribution >= 0.6 is 78.4 Å². The fourth-order valence-electron chi connectivity index (χ4n) is 3.04. The predicted octanol–water partition coefficient (Wildman–Crippen LogP) is 8.95. The molecule has 3 aromatic rings. The molecule has 174 valence electrons. The first-order valence-electron chi connectivity index (χ1n) is 9.81. The monoisotopic (exact) mass is 658 g/mol. The van der Waals surface area contributed by atoms with Crippen molar-refractivity contribution in [1.29, 1.82) is 0 Å². The maximum Gasteiger partial charge on any atom is 0.264 e. The zero-order valence-corrected chi connectivity index (χ0v) is 23.7.